The summed E-state index contributed by atoms with van der Waals surface area (Å²) < 4.78 is 23.4. The van der Waals surface area contributed by atoms with Gasteiger partial charge in [-0.3, -0.25) is 4.79 Å². The molecule has 0 unspecified atom stereocenters. The molecular weight excluding hydrogens is 249 g/mol. The van der Waals surface area contributed by atoms with Crippen molar-refractivity contribution in [2.75, 3.05) is 20.4 Å². The van der Waals surface area contributed by atoms with Crippen molar-refractivity contribution in [2.24, 2.45) is 0 Å². The molecule has 0 aliphatic rings. The number of halogens is 1. The molecule has 1 N–H and O–H groups in total. The van der Waals surface area contributed by atoms with Gasteiger partial charge in [0, 0.05) is 33.1 Å². The van der Waals surface area contributed by atoms with E-state index in [9.17, 15) is 9.18 Å². The van der Waals surface area contributed by atoms with E-state index >= 15 is 0 Å². The molecule has 0 atom stereocenters. The molecule has 0 saturated heterocycles. The summed E-state index contributed by atoms with van der Waals surface area (Å²) in [5, 5.41) is 2.61. The van der Waals surface area contributed by atoms with Crippen LogP contribution >= 0.6 is 0 Å². The van der Waals surface area contributed by atoms with Gasteiger partial charge in [-0.2, -0.15) is 0 Å². The van der Waals surface area contributed by atoms with E-state index in [0.29, 0.717) is 24.3 Å². The second-order valence-corrected chi connectivity index (χ2v) is 3.73. The van der Waals surface area contributed by atoms with Gasteiger partial charge >= 0.3 is 0 Å². The smallest absolute Gasteiger partial charge is 0.216 e. The lowest BCUT2D eigenvalue weighted by atomic mass is 10.2. The summed E-state index contributed by atoms with van der Waals surface area (Å²) in [4.78, 5) is 10.6. The molecule has 102 valence electrons. The zero-order chi connectivity index (χ0) is 14.1. The van der Waals surface area contributed by atoms with Crippen LogP contribution in [0.2, 0.25) is 0 Å². The molecule has 0 aromatic heterocycles. The Labute approximate surface area is 111 Å². The van der Waals surface area contributed by atoms with Gasteiger partial charge in [-0.15, -0.1) is 0 Å². The first-order valence-corrected chi connectivity index (χ1v) is 5.78. The summed E-state index contributed by atoms with van der Waals surface area (Å²) >= 11 is 0. The van der Waals surface area contributed by atoms with Crippen molar-refractivity contribution in [3.8, 4) is 17.6 Å². The largest absolute Gasteiger partial charge is 0.467 e. The van der Waals surface area contributed by atoms with Crippen LogP contribution in [0.1, 0.15) is 18.9 Å². The fourth-order valence-corrected chi connectivity index (χ4v) is 1.27. The summed E-state index contributed by atoms with van der Waals surface area (Å²) in [5.74, 6) is 5.34. The van der Waals surface area contributed by atoms with Crippen molar-refractivity contribution in [3.05, 3.63) is 29.6 Å². The highest BCUT2D eigenvalue weighted by Gasteiger charge is 2.01. The van der Waals surface area contributed by atoms with Gasteiger partial charge in [-0.25, -0.2) is 4.39 Å². The second kappa shape index (κ2) is 8.11. The summed E-state index contributed by atoms with van der Waals surface area (Å²) in [6, 6.07) is 4.43. The molecule has 5 heteroatoms. The topological polar surface area (TPSA) is 47.6 Å². The highest BCUT2D eigenvalue weighted by Crippen LogP contribution is 2.15. The number of carbonyl (C=O) groups is 1. The first kappa shape index (κ1) is 15.0. The summed E-state index contributed by atoms with van der Waals surface area (Å²) in [6.07, 6.45) is 0.473. The number of rotatable bonds is 5. The lowest BCUT2D eigenvalue weighted by Gasteiger charge is -2.04. The minimum absolute atomic E-state index is 0.0706. The van der Waals surface area contributed by atoms with Crippen LogP contribution in [0.25, 0.3) is 0 Å². The van der Waals surface area contributed by atoms with E-state index < -0.39 is 5.82 Å². The average molecular weight is 265 g/mol. The standard InChI is InChI=1S/C14H16FNO3/c1-11(17)16-8-4-3-5-12-6-7-13(9-14(12)15)19-10-18-2/h6-7,9H,4,8,10H2,1-2H3,(H,16,17). The third-order valence-corrected chi connectivity index (χ3v) is 2.13. The highest BCUT2D eigenvalue weighted by molar-refractivity contribution is 5.72. The molecule has 0 saturated carbocycles. The van der Waals surface area contributed by atoms with Crippen LogP contribution in [0.3, 0.4) is 0 Å². The van der Waals surface area contributed by atoms with Crippen molar-refractivity contribution >= 4 is 5.91 Å². The molecule has 0 aliphatic heterocycles. The van der Waals surface area contributed by atoms with Crippen LogP contribution in [0.5, 0.6) is 5.75 Å². The van der Waals surface area contributed by atoms with Gasteiger partial charge in [0.05, 0.1) is 5.56 Å². The maximum absolute atomic E-state index is 13.6. The summed E-state index contributed by atoms with van der Waals surface area (Å²) in [6.45, 7) is 1.96. The van der Waals surface area contributed by atoms with Crippen LogP contribution < -0.4 is 10.1 Å². The Bertz CT molecular complexity index is 491. The van der Waals surface area contributed by atoms with E-state index in [0.717, 1.165) is 0 Å². The Hall–Kier alpha value is -2.06. The number of hydrogen-bond acceptors (Lipinski definition) is 3. The molecule has 0 radical (unpaired) electrons. The minimum atomic E-state index is -0.444. The second-order valence-electron chi connectivity index (χ2n) is 3.73. The first-order valence-electron chi connectivity index (χ1n) is 5.78. The number of benzene rings is 1. The predicted molar refractivity (Wildman–Crippen MR) is 69.1 cm³/mol. The molecule has 1 aromatic rings. The third kappa shape index (κ3) is 5.89. The molecule has 0 aliphatic carbocycles. The molecule has 0 bridgehead atoms. The maximum atomic E-state index is 13.6. The van der Waals surface area contributed by atoms with Crippen LogP contribution in [0.15, 0.2) is 18.2 Å². The van der Waals surface area contributed by atoms with Crippen molar-refractivity contribution in [1.29, 1.82) is 0 Å². The lowest BCUT2D eigenvalue weighted by molar-refractivity contribution is -0.118. The number of carbonyl (C=O) groups excluding carboxylic acids is 1. The van der Waals surface area contributed by atoms with Crippen molar-refractivity contribution in [3.63, 3.8) is 0 Å². The van der Waals surface area contributed by atoms with Crippen LogP contribution in [0, 0.1) is 17.7 Å². The molecule has 0 spiro atoms. The SMILES string of the molecule is COCOc1ccc(C#CCCNC(C)=O)c(F)c1. The zero-order valence-electron chi connectivity index (χ0n) is 11.0. The molecule has 19 heavy (non-hydrogen) atoms. The number of ether oxygens (including phenoxy) is 2. The minimum Gasteiger partial charge on any atom is -0.467 e. The van der Waals surface area contributed by atoms with E-state index in [-0.39, 0.29) is 12.7 Å². The predicted octanol–water partition coefficient (Wildman–Crippen LogP) is 1.69. The number of amides is 1. The van der Waals surface area contributed by atoms with Gasteiger partial charge in [0.2, 0.25) is 5.91 Å². The molecule has 1 rings (SSSR count). The summed E-state index contributed by atoms with van der Waals surface area (Å²) in [5.41, 5.74) is 0.299. The molecule has 0 fully saturated rings. The Morgan fingerprint density at radius 2 is 2.26 bits per heavy atom. The molecular formula is C14H16FNO3. The fraction of sp³-hybridized carbons (Fsp3) is 0.357. The van der Waals surface area contributed by atoms with Gasteiger partial charge in [0.15, 0.2) is 6.79 Å². The molecule has 1 amide bonds. The van der Waals surface area contributed by atoms with Crippen molar-refractivity contribution in [1.82, 2.24) is 5.32 Å². The van der Waals surface area contributed by atoms with E-state index in [1.165, 1.54) is 20.1 Å². The number of methoxy groups -OCH3 is 1. The lowest BCUT2D eigenvalue weighted by Crippen LogP contribution is -2.20. The third-order valence-electron chi connectivity index (χ3n) is 2.13. The Morgan fingerprint density at radius 3 is 2.89 bits per heavy atom. The van der Waals surface area contributed by atoms with Crippen LogP contribution in [-0.2, 0) is 9.53 Å². The fourth-order valence-electron chi connectivity index (χ4n) is 1.27. The van der Waals surface area contributed by atoms with E-state index in [1.807, 2.05) is 0 Å². The summed E-state index contributed by atoms with van der Waals surface area (Å²) in [7, 11) is 1.49. The Kier molecular flexibility index (Phi) is 6.41. The first-order chi connectivity index (χ1) is 9.13. The molecule has 4 nitrogen and oxygen atoms in total. The van der Waals surface area contributed by atoms with Gasteiger partial charge in [-0.1, -0.05) is 11.8 Å². The molecule has 0 heterocycles. The van der Waals surface area contributed by atoms with E-state index in [4.69, 9.17) is 9.47 Å². The van der Waals surface area contributed by atoms with Crippen LogP contribution in [-0.4, -0.2) is 26.4 Å². The number of nitrogens with one attached hydrogen (secondary N) is 1. The van der Waals surface area contributed by atoms with Gasteiger partial charge in [0.25, 0.3) is 0 Å². The average Bonchev–Trinajstić information content (AvgIpc) is 2.37. The van der Waals surface area contributed by atoms with Gasteiger partial charge in [-0.05, 0) is 12.1 Å². The Balaban J connectivity index is 2.54. The zero-order valence-corrected chi connectivity index (χ0v) is 11.0. The van der Waals surface area contributed by atoms with E-state index in [2.05, 4.69) is 17.2 Å². The molecule has 1 aromatic carbocycles. The Morgan fingerprint density at radius 1 is 1.47 bits per heavy atom. The van der Waals surface area contributed by atoms with Crippen molar-refractivity contribution in [2.45, 2.75) is 13.3 Å². The quantitative estimate of drug-likeness (QED) is 0.500. The monoisotopic (exact) mass is 265 g/mol. The van der Waals surface area contributed by atoms with Gasteiger partial charge in [0.1, 0.15) is 11.6 Å². The highest BCUT2D eigenvalue weighted by atomic mass is 19.1. The normalized spacial score (nSPS) is 9.42. The van der Waals surface area contributed by atoms with Gasteiger partial charge < -0.3 is 14.8 Å². The number of hydrogen-bond donors (Lipinski definition) is 1. The van der Waals surface area contributed by atoms with Crippen LogP contribution in [0.4, 0.5) is 4.39 Å². The van der Waals surface area contributed by atoms with Crippen molar-refractivity contribution < 1.29 is 18.7 Å². The van der Waals surface area contributed by atoms with E-state index in [1.54, 1.807) is 12.1 Å². The maximum Gasteiger partial charge on any atom is 0.216 e.